The third-order valence-electron chi connectivity index (χ3n) is 4.48. The van der Waals surface area contributed by atoms with E-state index in [2.05, 4.69) is 26.1 Å². The molecule has 1 rings (SSSR count). The molecule has 0 bridgehead atoms. The van der Waals surface area contributed by atoms with Crippen LogP contribution in [0.5, 0.6) is 0 Å². The molecule has 0 radical (unpaired) electrons. The quantitative estimate of drug-likeness (QED) is 0.668. The van der Waals surface area contributed by atoms with E-state index in [4.69, 9.17) is 5.73 Å². The number of hydrogen-bond donors (Lipinski definition) is 2. The lowest BCUT2D eigenvalue weighted by molar-refractivity contribution is -0.128. The molecular formula is C17H34N2O. The summed E-state index contributed by atoms with van der Waals surface area (Å²) in [7, 11) is 0. The van der Waals surface area contributed by atoms with Crippen LogP contribution in [-0.2, 0) is 4.79 Å². The molecule has 0 saturated heterocycles. The minimum atomic E-state index is -0.602. The number of nitrogens with one attached hydrogen (secondary N) is 1. The summed E-state index contributed by atoms with van der Waals surface area (Å²) in [5, 5.41) is 3.05. The largest absolute Gasteiger partial charge is 0.355 e. The summed E-state index contributed by atoms with van der Waals surface area (Å²) in [5.74, 6) is 1.46. The normalized spacial score (nSPS) is 26.8. The highest BCUT2D eigenvalue weighted by molar-refractivity contribution is 5.86. The van der Waals surface area contributed by atoms with Crippen molar-refractivity contribution in [3.05, 3.63) is 0 Å². The van der Waals surface area contributed by atoms with Crippen LogP contribution >= 0.6 is 0 Å². The van der Waals surface area contributed by atoms with Crippen molar-refractivity contribution in [3.63, 3.8) is 0 Å². The van der Waals surface area contributed by atoms with Crippen LogP contribution in [-0.4, -0.2) is 18.0 Å². The minimum absolute atomic E-state index is 0.0752. The minimum Gasteiger partial charge on any atom is -0.355 e. The highest BCUT2D eigenvalue weighted by Crippen LogP contribution is 2.30. The molecule has 1 aliphatic carbocycles. The zero-order valence-corrected chi connectivity index (χ0v) is 13.7. The van der Waals surface area contributed by atoms with Gasteiger partial charge in [0.25, 0.3) is 0 Å². The smallest absolute Gasteiger partial charge is 0.240 e. The van der Waals surface area contributed by atoms with Crippen molar-refractivity contribution in [1.29, 1.82) is 0 Å². The number of unbranched alkanes of at least 4 members (excludes halogenated alkanes) is 3. The second-order valence-electron chi connectivity index (χ2n) is 7.21. The molecule has 0 heterocycles. The van der Waals surface area contributed by atoms with E-state index < -0.39 is 5.54 Å². The molecule has 1 aliphatic rings. The Morgan fingerprint density at radius 1 is 1.30 bits per heavy atom. The van der Waals surface area contributed by atoms with Gasteiger partial charge in [-0.3, -0.25) is 4.79 Å². The average Bonchev–Trinajstić information content (AvgIpc) is 2.36. The molecular weight excluding hydrogens is 248 g/mol. The van der Waals surface area contributed by atoms with E-state index in [9.17, 15) is 4.79 Å². The van der Waals surface area contributed by atoms with E-state index >= 15 is 0 Å². The van der Waals surface area contributed by atoms with Gasteiger partial charge in [0.2, 0.25) is 5.91 Å². The van der Waals surface area contributed by atoms with Crippen molar-refractivity contribution < 1.29 is 4.79 Å². The van der Waals surface area contributed by atoms with Gasteiger partial charge in [-0.2, -0.15) is 0 Å². The topological polar surface area (TPSA) is 55.1 Å². The van der Waals surface area contributed by atoms with Crippen molar-refractivity contribution in [2.75, 3.05) is 6.54 Å². The maximum absolute atomic E-state index is 12.2. The number of carbonyl (C=O) groups excluding carboxylic acids is 1. The van der Waals surface area contributed by atoms with Gasteiger partial charge in [0.05, 0.1) is 5.54 Å². The predicted molar refractivity (Wildman–Crippen MR) is 85.5 cm³/mol. The van der Waals surface area contributed by atoms with Crippen LogP contribution < -0.4 is 11.1 Å². The Morgan fingerprint density at radius 2 is 2.00 bits per heavy atom. The van der Waals surface area contributed by atoms with E-state index in [0.29, 0.717) is 5.92 Å². The first-order valence-electron chi connectivity index (χ1n) is 8.51. The Bertz CT molecular complexity index is 291. The Morgan fingerprint density at radius 3 is 2.65 bits per heavy atom. The SMILES string of the molecule is CC(C)CCCCCCNC(=O)C1(N)CCCC(C)C1. The number of nitrogens with two attached hydrogens (primary N) is 1. The summed E-state index contributed by atoms with van der Waals surface area (Å²) in [4.78, 5) is 12.2. The number of hydrogen-bond acceptors (Lipinski definition) is 2. The average molecular weight is 282 g/mol. The standard InChI is InChI=1S/C17H34N2O/c1-14(2)9-6-4-5-7-12-19-16(20)17(18)11-8-10-15(3)13-17/h14-15H,4-13,18H2,1-3H3,(H,19,20). The predicted octanol–water partition coefficient (Wildman–Crippen LogP) is 3.62. The highest BCUT2D eigenvalue weighted by atomic mass is 16.2. The van der Waals surface area contributed by atoms with Crippen molar-refractivity contribution in [3.8, 4) is 0 Å². The zero-order chi connectivity index (χ0) is 15.0. The first kappa shape index (κ1) is 17.5. The van der Waals surface area contributed by atoms with Crippen molar-refractivity contribution >= 4 is 5.91 Å². The second kappa shape index (κ2) is 8.66. The summed E-state index contributed by atoms with van der Waals surface area (Å²) < 4.78 is 0. The Balaban J connectivity index is 2.10. The van der Waals surface area contributed by atoms with Gasteiger partial charge in [-0.15, -0.1) is 0 Å². The summed E-state index contributed by atoms with van der Waals surface area (Å²) in [5.41, 5.74) is 5.67. The van der Waals surface area contributed by atoms with Crippen molar-refractivity contribution in [1.82, 2.24) is 5.32 Å². The molecule has 2 unspecified atom stereocenters. The second-order valence-corrected chi connectivity index (χ2v) is 7.21. The van der Waals surface area contributed by atoms with Crippen LogP contribution in [0.3, 0.4) is 0 Å². The molecule has 20 heavy (non-hydrogen) atoms. The van der Waals surface area contributed by atoms with Crippen LogP contribution in [0.25, 0.3) is 0 Å². The summed E-state index contributed by atoms with van der Waals surface area (Å²) >= 11 is 0. The molecule has 1 amide bonds. The molecule has 118 valence electrons. The Labute approximate surface area is 125 Å². The lowest BCUT2D eigenvalue weighted by Crippen LogP contribution is -2.56. The van der Waals surface area contributed by atoms with Gasteiger partial charge < -0.3 is 11.1 Å². The maximum Gasteiger partial charge on any atom is 0.240 e. The summed E-state index contributed by atoms with van der Waals surface area (Å²) in [6, 6.07) is 0. The van der Waals surface area contributed by atoms with Gasteiger partial charge in [-0.05, 0) is 31.1 Å². The van der Waals surface area contributed by atoms with E-state index in [1.165, 1.54) is 32.1 Å². The maximum atomic E-state index is 12.2. The van der Waals surface area contributed by atoms with Gasteiger partial charge in [0, 0.05) is 6.54 Å². The fraction of sp³-hybridized carbons (Fsp3) is 0.941. The zero-order valence-electron chi connectivity index (χ0n) is 13.7. The lowest BCUT2D eigenvalue weighted by atomic mass is 9.76. The molecule has 3 N–H and O–H groups in total. The van der Waals surface area contributed by atoms with Gasteiger partial charge in [-0.25, -0.2) is 0 Å². The third-order valence-corrected chi connectivity index (χ3v) is 4.48. The molecule has 1 saturated carbocycles. The van der Waals surface area contributed by atoms with Gasteiger partial charge in [0.15, 0.2) is 0 Å². The molecule has 0 aromatic rings. The van der Waals surface area contributed by atoms with Crippen LogP contribution in [0.15, 0.2) is 0 Å². The fourth-order valence-electron chi connectivity index (χ4n) is 3.21. The first-order chi connectivity index (χ1) is 9.44. The first-order valence-corrected chi connectivity index (χ1v) is 8.51. The molecule has 0 spiro atoms. The van der Waals surface area contributed by atoms with Crippen LogP contribution in [0.4, 0.5) is 0 Å². The number of rotatable bonds is 8. The van der Waals surface area contributed by atoms with Gasteiger partial charge >= 0.3 is 0 Å². The third kappa shape index (κ3) is 6.25. The molecule has 1 fully saturated rings. The van der Waals surface area contributed by atoms with Crippen LogP contribution in [0, 0.1) is 11.8 Å². The molecule has 3 nitrogen and oxygen atoms in total. The van der Waals surface area contributed by atoms with E-state index in [1.807, 2.05) is 0 Å². The fourth-order valence-corrected chi connectivity index (χ4v) is 3.21. The number of carbonyl (C=O) groups is 1. The highest BCUT2D eigenvalue weighted by Gasteiger charge is 2.37. The monoisotopic (exact) mass is 282 g/mol. The van der Waals surface area contributed by atoms with Gasteiger partial charge in [-0.1, -0.05) is 59.3 Å². The summed E-state index contributed by atoms with van der Waals surface area (Å²) in [6.07, 6.45) is 10.2. The molecule has 0 aliphatic heterocycles. The molecule has 0 aromatic carbocycles. The van der Waals surface area contributed by atoms with Crippen LogP contribution in [0.1, 0.15) is 78.6 Å². The molecule has 0 aromatic heterocycles. The Kier molecular flexibility index (Phi) is 7.57. The van der Waals surface area contributed by atoms with E-state index in [1.54, 1.807) is 0 Å². The van der Waals surface area contributed by atoms with Crippen molar-refractivity contribution in [2.24, 2.45) is 17.6 Å². The molecule has 3 heteroatoms. The van der Waals surface area contributed by atoms with E-state index in [-0.39, 0.29) is 5.91 Å². The summed E-state index contributed by atoms with van der Waals surface area (Å²) in [6.45, 7) is 7.52. The van der Waals surface area contributed by atoms with Gasteiger partial charge in [0.1, 0.15) is 0 Å². The van der Waals surface area contributed by atoms with Crippen molar-refractivity contribution in [2.45, 2.75) is 84.1 Å². The van der Waals surface area contributed by atoms with Crippen LogP contribution in [0.2, 0.25) is 0 Å². The lowest BCUT2D eigenvalue weighted by Gasteiger charge is -2.35. The van der Waals surface area contributed by atoms with E-state index in [0.717, 1.165) is 38.1 Å². The molecule has 2 atom stereocenters. The Hall–Kier alpha value is -0.570. The number of amides is 1.